The summed E-state index contributed by atoms with van der Waals surface area (Å²) in [7, 11) is 1.58. The van der Waals surface area contributed by atoms with Crippen LogP contribution >= 0.6 is 0 Å². The number of anilines is 1. The van der Waals surface area contributed by atoms with E-state index in [1.54, 1.807) is 19.4 Å². The number of nitrogens with one attached hydrogen (secondary N) is 3. The van der Waals surface area contributed by atoms with Gasteiger partial charge in [0.2, 0.25) is 11.8 Å². The van der Waals surface area contributed by atoms with Crippen LogP contribution in [0.25, 0.3) is 0 Å². The van der Waals surface area contributed by atoms with Crippen molar-refractivity contribution in [3.05, 3.63) is 12.4 Å². The van der Waals surface area contributed by atoms with Gasteiger partial charge >= 0.3 is 0 Å². The molecule has 21 heavy (non-hydrogen) atoms. The minimum absolute atomic E-state index is 0.0360. The molecular formula is C14H23N5O2. The first kappa shape index (κ1) is 15.5. The third-order valence-corrected chi connectivity index (χ3v) is 3.93. The fourth-order valence-electron chi connectivity index (χ4n) is 2.75. The molecule has 0 saturated carbocycles. The normalized spacial score (nSPS) is 21.2. The molecule has 1 atom stereocenters. The third-order valence-electron chi connectivity index (χ3n) is 3.93. The molecule has 7 nitrogen and oxygen atoms in total. The quantitative estimate of drug-likeness (QED) is 0.706. The van der Waals surface area contributed by atoms with E-state index in [4.69, 9.17) is 0 Å². The molecule has 1 aliphatic heterocycles. The number of amides is 2. The van der Waals surface area contributed by atoms with Gasteiger partial charge in [-0.1, -0.05) is 13.3 Å². The number of hydrogen-bond acceptors (Lipinski definition) is 4. The SMILES string of the molecule is CCCC1(C(=O)Nc2cnn(CC(=O)NC)c2)CCNC1. The van der Waals surface area contributed by atoms with Gasteiger partial charge in [0, 0.05) is 19.8 Å². The molecule has 0 bridgehead atoms. The van der Waals surface area contributed by atoms with E-state index in [2.05, 4.69) is 28.0 Å². The van der Waals surface area contributed by atoms with E-state index in [0.717, 1.165) is 32.4 Å². The average Bonchev–Trinajstić information content (AvgIpc) is 3.09. The lowest BCUT2D eigenvalue weighted by Crippen LogP contribution is -2.38. The highest BCUT2D eigenvalue weighted by atomic mass is 16.2. The Balaban J connectivity index is 2.00. The number of carbonyl (C=O) groups excluding carboxylic acids is 2. The van der Waals surface area contributed by atoms with Gasteiger partial charge in [0.15, 0.2) is 0 Å². The molecule has 1 fully saturated rings. The number of rotatable bonds is 6. The number of aromatic nitrogens is 2. The largest absolute Gasteiger partial charge is 0.358 e. The van der Waals surface area contributed by atoms with Crippen molar-refractivity contribution in [2.75, 3.05) is 25.5 Å². The summed E-state index contributed by atoms with van der Waals surface area (Å²) < 4.78 is 1.51. The average molecular weight is 293 g/mol. The molecule has 3 N–H and O–H groups in total. The van der Waals surface area contributed by atoms with Gasteiger partial charge in [-0.15, -0.1) is 0 Å². The fraction of sp³-hybridized carbons (Fsp3) is 0.643. The van der Waals surface area contributed by atoms with Crippen molar-refractivity contribution in [1.29, 1.82) is 0 Å². The summed E-state index contributed by atoms with van der Waals surface area (Å²) in [6, 6.07) is 0. The van der Waals surface area contributed by atoms with Crippen LogP contribution < -0.4 is 16.0 Å². The topological polar surface area (TPSA) is 88.0 Å². The number of nitrogens with zero attached hydrogens (tertiary/aromatic N) is 2. The first-order valence-electron chi connectivity index (χ1n) is 7.35. The summed E-state index contributed by atoms with van der Waals surface area (Å²) in [6.07, 6.45) is 5.96. The van der Waals surface area contributed by atoms with Crippen molar-refractivity contribution in [2.24, 2.45) is 5.41 Å². The van der Waals surface area contributed by atoms with Gasteiger partial charge in [0.1, 0.15) is 6.54 Å². The summed E-state index contributed by atoms with van der Waals surface area (Å²) in [5.74, 6) is -0.0905. The molecule has 0 aromatic carbocycles. The van der Waals surface area contributed by atoms with E-state index in [-0.39, 0.29) is 23.8 Å². The standard InChI is InChI=1S/C14H23N5O2/c1-3-4-14(5-6-16-10-14)13(21)18-11-7-17-19(8-11)9-12(20)15-2/h7-8,16H,3-6,9-10H2,1-2H3,(H,15,20)(H,18,21). The molecule has 2 amide bonds. The lowest BCUT2D eigenvalue weighted by atomic mass is 9.81. The van der Waals surface area contributed by atoms with Crippen LogP contribution in [0.2, 0.25) is 0 Å². The lowest BCUT2D eigenvalue weighted by Gasteiger charge is -2.26. The van der Waals surface area contributed by atoms with Crippen molar-refractivity contribution >= 4 is 17.5 Å². The van der Waals surface area contributed by atoms with Crippen LogP contribution in [0.5, 0.6) is 0 Å². The maximum atomic E-state index is 12.5. The molecular weight excluding hydrogens is 270 g/mol. The Morgan fingerprint density at radius 2 is 2.33 bits per heavy atom. The Labute approximate surface area is 124 Å². The zero-order chi connectivity index (χ0) is 15.3. The monoisotopic (exact) mass is 293 g/mol. The summed E-state index contributed by atoms with van der Waals surface area (Å²) in [5, 5.41) is 12.8. The maximum Gasteiger partial charge on any atom is 0.241 e. The van der Waals surface area contributed by atoms with E-state index >= 15 is 0 Å². The van der Waals surface area contributed by atoms with Gasteiger partial charge in [-0.3, -0.25) is 14.3 Å². The zero-order valence-electron chi connectivity index (χ0n) is 12.6. The minimum Gasteiger partial charge on any atom is -0.358 e. The van der Waals surface area contributed by atoms with Crippen LogP contribution in [0.15, 0.2) is 12.4 Å². The molecule has 2 heterocycles. The fourth-order valence-corrected chi connectivity index (χ4v) is 2.75. The molecule has 1 unspecified atom stereocenters. The molecule has 0 radical (unpaired) electrons. The van der Waals surface area contributed by atoms with E-state index in [0.29, 0.717) is 5.69 Å². The molecule has 7 heteroatoms. The molecule has 0 aliphatic carbocycles. The number of hydrogen-bond donors (Lipinski definition) is 3. The highest BCUT2D eigenvalue weighted by Crippen LogP contribution is 2.32. The molecule has 1 aromatic rings. The van der Waals surface area contributed by atoms with Gasteiger partial charge in [-0.2, -0.15) is 5.10 Å². The Bertz CT molecular complexity index is 505. The van der Waals surface area contributed by atoms with Crippen LogP contribution in [-0.2, 0) is 16.1 Å². The van der Waals surface area contributed by atoms with E-state index < -0.39 is 0 Å². The highest BCUT2D eigenvalue weighted by Gasteiger charge is 2.40. The summed E-state index contributed by atoms with van der Waals surface area (Å²) in [4.78, 5) is 23.8. The Kier molecular flexibility index (Phi) is 4.95. The van der Waals surface area contributed by atoms with Crippen molar-refractivity contribution in [3.63, 3.8) is 0 Å². The van der Waals surface area contributed by atoms with E-state index in [9.17, 15) is 9.59 Å². The summed E-state index contributed by atoms with van der Waals surface area (Å²) >= 11 is 0. The Morgan fingerprint density at radius 3 is 2.95 bits per heavy atom. The zero-order valence-corrected chi connectivity index (χ0v) is 12.6. The predicted octanol–water partition coefficient (Wildman–Crippen LogP) is 0.347. The first-order valence-corrected chi connectivity index (χ1v) is 7.35. The van der Waals surface area contributed by atoms with Crippen LogP contribution in [-0.4, -0.2) is 41.7 Å². The number of likely N-dealkylation sites (N-methyl/N-ethyl adjacent to an activating group) is 1. The van der Waals surface area contributed by atoms with Crippen LogP contribution in [0.3, 0.4) is 0 Å². The lowest BCUT2D eigenvalue weighted by molar-refractivity contribution is -0.125. The maximum absolute atomic E-state index is 12.5. The van der Waals surface area contributed by atoms with Gasteiger partial charge in [0.05, 0.1) is 17.3 Å². The second-order valence-corrected chi connectivity index (χ2v) is 5.51. The second kappa shape index (κ2) is 6.71. The van der Waals surface area contributed by atoms with Crippen LogP contribution in [0.4, 0.5) is 5.69 Å². The summed E-state index contributed by atoms with van der Waals surface area (Å²) in [5.41, 5.74) is 0.309. The molecule has 1 saturated heterocycles. The molecule has 0 spiro atoms. The molecule has 116 valence electrons. The predicted molar refractivity (Wildman–Crippen MR) is 79.8 cm³/mol. The molecule has 1 aliphatic rings. The minimum atomic E-state index is -0.322. The second-order valence-electron chi connectivity index (χ2n) is 5.51. The van der Waals surface area contributed by atoms with Crippen molar-refractivity contribution in [1.82, 2.24) is 20.4 Å². The number of carbonyl (C=O) groups is 2. The van der Waals surface area contributed by atoms with Gasteiger partial charge in [-0.05, 0) is 19.4 Å². The van der Waals surface area contributed by atoms with Crippen LogP contribution in [0, 0.1) is 5.41 Å². The van der Waals surface area contributed by atoms with Gasteiger partial charge < -0.3 is 16.0 Å². The Morgan fingerprint density at radius 1 is 1.52 bits per heavy atom. The van der Waals surface area contributed by atoms with Crippen molar-refractivity contribution in [3.8, 4) is 0 Å². The smallest absolute Gasteiger partial charge is 0.241 e. The van der Waals surface area contributed by atoms with E-state index in [1.807, 2.05) is 0 Å². The van der Waals surface area contributed by atoms with Gasteiger partial charge in [-0.25, -0.2) is 0 Å². The summed E-state index contributed by atoms with van der Waals surface area (Å²) in [6.45, 7) is 3.84. The third kappa shape index (κ3) is 3.60. The highest BCUT2D eigenvalue weighted by molar-refractivity contribution is 5.95. The van der Waals surface area contributed by atoms with Gasteiger partial charge in [0.25, 0.3) is 0 Å². The molecule has 1 aromatic heterocycles. The van der Waals surface area contributed by atoms with Crippen molar-refractivity contribution in [2.45, 2.75) is 32.7 Å². The molecule has 2 rings (SSSR count). The Hall–Kier alpha value is -1.89. The first-order chi connectivity index (χ1) is 10.1. The van der Waals surface area contributed by atoms with E-state index in [1.165, 1.54) is 4.68 Å². The van der Waals surface area contributed by atoms with Crippen molar-refractivity contribution < 1.29 is 9.59 Å². The van der Waals surface area contributed by atoms with Crippen LogP contribution in [0.1, 0.15) is 26.2 Å².